The van der Waals surface area contributed by atoms with Gasteiger partial charge in [0.05, 0.1) is 33.0 Å². The van der Waals surface area contributed by atoms with Gasteiger partial charge in [-0.25, -0.2) is 9.78 Å². The fourth-order valence-electron chi connectivity index (χ4n) is 4.35. The summed E-state index contributed by atoms with van der Waals surface area (Å²) in [6.07, 6.45) is 3.29. The average Bonchev–Trinajstić information content (AvgIpc) is 2.99. The van der Waals surface area contributed by atoms with E-state index in [0.717, 1.165) is 24.8 Å². The van der Waals surface area contributed by atoms with E-state index in [0.29, 0.717) is 6.61 Å². The maximum Gasteiger partial charge on any atom is 0.331 e. The number of aromatic nitrogens is 1. The van der Waals surface area contributed by atoms with E-state index in [9.17, 15) is 14.4 Å². The number of methoxy groups -OCH3 is 1. The molecule has 1 aromatic carbocycles. The van der Waals surface area contributed by atoms with Crippen LogP contribution in [0, 0.1) is 5.92 Å². The number of cyclic esters (lactones) is 1. The Bertz CT molecular complexity index is 1110. The van der Waals surface area contributed by atoms with E-state index in [4.69, 9.17) is 28.4 Å². The van der Waals surface area contributed by atoms with Crippen molar-refractivity contribution in [2.75, 3.05) is 27.1 Å². The number of hydrogen-bond donors (Lipinski definition) is 1. The number of carbonyl (C=O) groups is 3. The predicted molar refractivity (Wildman–Crippen MR) is 144 cm³/mol. The Labute approximate surface area is 234 Å². The maximum absolute atomic E-state index is 13.2. The minimum atomic E-state index is -1.11. The van der Waals surface area contributed by atoms with E-state index in [2.05, 4.69) is 17.2 Å². The van der Waals surface area contributed by atoms with Crippen molar-refractivity contribution < 1.29 is 42.8 Å². The van der Waals surface area contributed by atoms with E-state index in [1.54, 1.807) is 0 Å². The van der Waals surface area contributed by atoms with E-state index in [-0.39, 0.29) is 42.4 Å². The van der Waals surface area contributed by atoms with Crippen molar-refractivity contribution in [3.05, 3.63) is 53.9 Å². The predicted octanol–water partition coefficient (Wildman–Crippen LogP) is 3.44. The Hall–Kier alpha value is -3.70. The zero-order valence-electron chi connectivity index (χ0n) is 23.4. The number of ether oxygens (including phenoxy) is 6. The molecule has 4 atom stereocenters. The monoisotopic (exact) mass is 558 g/mol. The van der Waals surface area contributed by atoms with Crippen LogP contribution in [-0.2, 0) is 35.1 Å². The lowest BCUT2D eigenvalue weighted by Gasteiger charge is -2.30. The lowest BCUT2D eigenvalue weighted by molar-refractivity contribution is -0.155. The van der Waals surface area contributed by atoms with Crippen molar-refractivity contribution in [2.45, 2.75) is 64.9 Å². The molecule has 0 radical (unpaired) electrons. The second-order valence-electron chi connectivity index (χ2n) is 9.44. The Morgan fingerprint density at radius 3 is 2.62 bits per heavy atom. The molecule has 1 amide bonds. The number of hydrogen-bond acceptors (Lipinski definition) is 10. The molecular weight excluding hydrogens is 520 g/mol. The van der Waals surface area contributed by atoms with Crippen LogP contribution < -0.4 is 14.8 Å². The smallest absolute Gasteiger partial charge is 0.331 e. The van der Waals surface area contributed by atoms with Gasteiger partial charge in [-0.3, -0.25) is 9.59 Å². The van der Waals surface area contributed by atoms with Gasteiger partial charge in [-0.15, -0.1) is 0 Å². The number of nitrogens with one attached hydrogen (secondary N) is 1. The number of rotatable bonds is 12. The van der Waals surface area contributed by atoms with Gasteiger partial charge in [0.15, 0.2) is 23.2 Å². The number of pyridine rings is 1. The third kappa shape index (κ3) is 8.92. The Balaban J connectivity index is 1.74. The number of carbonyl (C=O) groups excluding carboxylic acids is 3. The molecule has 218 valence electrons. The molecule has 2 heterocycles. The SMILES string of the molecule is CCCC[C@H]1[C@H](C)OC(=O)[C@@H](NC(=O)c2nccc(OC)c2OCOC(C)=O)COC[C@@H]1OCc1ccccc1. The van der Waals surface area contributed by atoms with Gasteiger partial charge in [0.25, 0.3) is 5.91 Å². The molecule has 1 N–H and O–H groups in total. The minimum absolute atomic E-state index is 0.0384. The highest BCUT2D eigenvalue weighted by Crippen LogP contribution is 2.30. The Kier molecular flexibility index (Phi) is 12.2. The molecule has 0 aliphatic carbocycles. The summed E-state index contributed by atoms with van der Waals surface area (Å²) < 4.78 is 33.6. The summed E-state index contributed by atoms with van der Waals surface area (Å²) in [7, 11) is 1.39. The van der Waals surface area contributed by atoms with Gasteiger partial charge in [0.1, 0.15) is 6.10 Å². The van der Waals surface area contributed by atoms with Crippen LogP contribution in [-0.4, -0.2) is 68.2 Å². The maximum atomic E-state index is 13.2. The second kappa shape index (κ2) is 15.8. The van der Waals surface area contributed by atoms with Gasteiger partial charge < -0.3 is 33.7 Å². The van der Waals surface area contributed by atoms with Crippen LogP contribution in [0.25, 0.3) is 0 Å². The third-order valence-corrected chi connectivity index (χ3v) is 6.51. The number of benzene rings is 1. The third-order valence-electron chi connectivity index (χ3n) is 6.51. The summed E-state index contributed by atoms with van der Waals surface area (Å²) in [6.45, 7) is 5.21. The summed E-state index contributed by atoms with van der Waals surface area (Å²) in [5.74, 6) is -1.83. The molecule has 2 aromatic rings. The largest absolute Gasteiger partial charge is 0.493 e. The second-order valence-corrected chi connectivity index (χ2v) is 9.44. The molecule has 11 heteroatoms. The normalized spacial score (nSPS) is 21.2. The number of unbranched alkanes of at least 4 members (excludes halogenated alkanes) is 1. The van der Waals surface area contributed by atoms with Crippen molar-refractivity contribution in [3.8, 4) is 11.5 Å². The van der Waals surface area contributed by atoms with Gasteiger partial charge in [-0.1, -0.05) is 50.1 Å². The molecule has 0 unspecified atom stereocenters. The Morgan fingerprint density at radius 2 is 1.93 bits per heavy atom. The quantitative estimate of drug-likeness (QED) is 0.305. The van der Waals surface area contributed by atoms with Gasteiger partial charge in [-0.05, 0) is 18.9 Å². The number of esters is 2. The van der Waals surface area contributed by atoms with E-state index in [1.807, 2.05) is 37.3 Å². The summed E-state index contributed by atoms with van der Waals surface area (Å²) in [6, 6.07) is 10.2. The molecule has 1 aliphatic heterocycles. The van der Waals surface area contributed by atoms with Crippen LogP contribution in [0.4, 0.5) is 0 Å². The first-order chi connectivity index (χ1) is 19.3. The molecule has 1 fully saturated rings. The zero-order valence-corrected chi connectivity index (χ0v) is 23.4. The molecule has 3 rings (SSSR count). The van der Waals surface area contributed by atoms with E-state index in [1.165, 1.54) is 26.3 Å². The van der Waals surface area contributed by atoms with Crippen LogP contribution >= 0.6 is 0 Å². The molecule has 0 spiro atoms. The van der Waals surface area contributed by atoms with Crippen molar-refractivity contribution >= 4 is 17.8 Å². The van der Waals surface area contributed by atoms with Crippen molar-refractivity contribution in [1.29, 1.82) is 0 Å². The lowest BCUT2D eigenvalue weighted by Crippen LogP contribution is -2.46. The van der Waals surface area contributed by atoms with E-state index < -0.39 is 36.8 Å². The lowest BCUT2D eigenvalue weighted by atomic mass is 9.91. The number of nitrogens with zero attached hydrogens (tertiary/aromatic N) is 1. The summed E-state index contributed by atoms with van der Waals surface area (Å²) in [4.78, 5) is 41.6. The average molecular weight is 559 g/mol. The first-order valence-corrected chi connectivity index (χ1v) is 13.4. The van der Waals surface area contributed by atoms with Crippen molar-refractivity contribution in [2.24, 2.45) is 5.92 Å². The van der Waals surface area contributed by atoms with Crippen LogP contribution in [0.1, 0.15) is 56.1 Å². The topological polar surface area (TPSA) is 132 Å². The standard InChI is InChI=1S/C29H38N2O9/c1-5-6-12-22-19(2)40-29(34)23(16-36-17-25(22)37-15-21-10-8-7-9-11-21)31-28(33)26-27(39-18-38-20(3)32)24(35-4)13-14-30-26/h7-11,13-14,19,22-23,25H,5-6,12,15-18H2,1-4H3,(H,31,33)/t19-,22-,23-,25-/m0/s1. The first-order valence-electron chi connectivity index (χ1n) is 13.4. The molecular formula is C29H38N2O9. The van der Waals surface area contributed by atoms with E-state index >= 15 is 0 Å². The molecule has 1 saturated heterocycles. The molecule has 0 bridgehead atoms. The number of amides is 1. The zero-order chi connectivity index (χ0) is 28.9. The molecule has 1 aliphatic rings. The molecule has 11 nitrogen and oxygen atoms in total. The van der Waals surface area contributed by atoms with Crippen molar-refractivity contribution in [1.82, 2.24) is 10.3 Å². The first kappa shape index (κ1) is 30.8. The van der Waals surface area contributed by atoms with Gasteiger partial charge in [-0.2, -0.15) is 0 Å². The van der Waals surface area contributed by atoms with Gasteiger partial charge >= 0.3 is 11.9 Å². The van der Waals surface area contributed by atoms with Crippen LogP contribution in [0.2, 0.25) is 0 Å². The highest BCUT2D eigenvalue weighted by molar-refractivity contribution is 5.98. The fraction of sp³-hybridized carbons (Fsp3) is 0.517. The highest BCUT2D eigenvalue weighted by Gasteiger charge is 2.35. The van der Waals surface area contributed by atoms with Crippen LogP contribution in [0.5, 0.6) is 11.5 Å². The van der Waals surface area contributed by atoms with Crippen LogP contribution in [0.3, 0.4) is 0 Å². The summed E-state index contributed by atoms with van der Waals surface area (Å²) >= 11 is 0. The molecule has 1 aromatic heterocycles. The molecule has 40 heavy (non-hydrogen) atoms. The van der Waals surface area contributed by atoms with Gasteiger partial charge in [0.2, 0.25) is 6.79 Å². The van der Waals surface area contributed by atoms with Crippen LogP contribution in [0.15, 0.2) is 42.6 Å². The fourth-order valence-corrected chi connectivity index (χ4v) is 4.35. The Morgan fingerprint density at radius 1 is 1.15 bits per heavy atom. The minimum Gasteiger partial charge on any atom is -0.493 e. The van der Waals surface area contributed by atoms with Crippen molar-refractivity contribution in [3.63, 3.8) is 0 Å². The summed E-state index contributed by atoms with van der Waals surface area (Å²) in [5.41, 5.74) is 0.876. The summed E-state index contributed by atoms with van der Waals surface area (Å²) in [5, 5.41) is 2.64. The molecule has 0 saturated carbocycles. The van der Waals surface area contributed by atoms with Gasteiger partial charge in [0, 0.05) is 25.1 Å². The highest BCUT2D eigenvalue weighted by atomic mass is 16.7.